The fourth-order valence-corrected chi connectivity index (χ4v) is 4.31. The maximum Gasteiger partial charge on any atom is 0.409 e. The SMILES string of the molecule is CCOC(=O)N1CCN(S(=O)(=O)c2cccc(Cl)c2Cl)CC1. The third kappa shape index (κ3) is 3.48. The van der Waals surface area contributed by atoms with E-state index in [1.807, 2.05) is 0 Å². The first kappa shape index (κ1) is 17.3. The largest absolute Gasteiger partial charge is 0.450 e. The molecule has 1 aliphatic heterocycles. The van der Waals surface area contributed by atoms with E-state index in [1.54, 1.807) is 6.92 Å². The van der Waals surface area contributed by atoms with Gasteiger partial charge in [-0.2, -0.15) is 4.31 Å². The van der Waals surface area contributed by atoms with E-state index in [0.717, 1.165) is 0 Å². The van der Waals surface area contributed by atoms with Crippen LogP contribution in [0.3, 0.4) is 0 Å². The molecule has 1 saturated heterocycles. The number of hydrogen-bond donors (Lipinski definition) is 0. The summed E-state index contributed by atoms with van der Waals surface area (Å²) in [6, 6.07) is 4.48. The molecule has 0 atom stereocenters. The third-order valence-corrected chi connectivity index (χ3v) is 6.17. The quantitative estimate of drug-likeness (QED) is 0.823. The van der Waals surface area contributed by atoms with Crippen LogP contribution in [0.4, 0.5) is 4.79 Å². The van der Waals surface area contributed by atoms with E-state index in [-0.39, 0.29) is 47.7 Å². The molecule has 1 aliphatic rings. The maximum atomic E-state index is 12.6. The molecule has 1 fully saturated rings. The first-order chi connectivity index (χ1) is 10.4. The lowest BCUT2D eigenvalue weighted by Gasteiger charge is -2.33. The van der Waals surface area contributed by atoms with Crippen LogP contribution in [-0.4, -0.2) is 56.5 Å². The number of benzene rings is 1. The minimum atomic E-state index is -3.74. The van der Waals surface area contributed by atoms with E-state index < -0.39 is 16.1 Å². The lowest BCUT2D eigenvalue weighted by Crippen LogP contribution is -2.50. The van der Waals surface area contributed by atoms with Crippen molar-refractivity contribution < 1.29 is 17.9 Å². The predicted octanol–water partition coefficient (Wildman–Crippen LogP) is 2.46. The topological polar surface area (TPSA) is 66.9 Å². The first-order valence-corrected chi connectivity index (χ1v) is 8.93. The van der Waals surface area contributed by atoms with Crippen molar-refractivity contribution in [1.82, 2.24) is 9.21 Å². The Morgan fingerprint density at radius 2 is 1.86 bits per heavy atom. The van der Waals surface area contributed by atoms with E-state index in [0.29, 0.717) is 0 Å². The molecular weight excluding hydrogens is 351 g/mol. The summed E-state index contributed by atoms with van der Waals surface area (Å²) in [4.78, 5) is 13.1. The molecule has 6 nitrogen and oxygen atoms in total. The highest BCUT2D eigenvalue weighted by Gasteiger charge is 2.32. The third-order valence-electron chi connectivity index (χ3n) is 3.30. The van der Waals surface area contributed by atoms with Crippen molar-refractivity contribution in [1.29, 1.82) is 0 Å². The zero-order valence-corrected chi connectivity index (χ0v) is 14.3. The minimum Gasteiger partial charge on any atom is -0.450 e. The number of hydrogen-bond acceptors (Lipinski definition) is 4. The molecule has 2 rings (SSSR count). The lowest BCUT2D eigenvalue weighted by atomic mass is 10.4. The Kier molecular flexibility index (Phi) is 5.55. The van der Waals surface area contributed by atoms with Crippen LogP contribution in [0.25, 0.3) is 0 Å². The molecule has 0 N–H and O–H groups in total. The molecule has 0 radical (unpaired) electrons. The standard InChI is InChI=1S/C13H16Cl2N2O4S/c1-2-21-13(18)16-6-8-17(9-7-16)22(19,20)11-5-3-4-10(14)12(11)15/h3-5H,2,6-9H2,1H3. The zero-order chi connectivity index (χ0) is 16.3. The van der Waals surface area contributed by atoms with Gasteiger partial charge in [-0.05, 0) is 19.1 Å². The minimum absolute atomic E-state index is 0.0111. The molecule has 9 heteroatoms. The summed E-state index contributed by atoms with van der Waals surface area (Å²) in [5.74, 6) is 0. The van der Waals surface area contributed by atoms with Crippen LogP contribution in [0.15, 0.2) is 23.1 Å². The van der Waals surface area contributed by atoms with Gasteiger partial charge >= 0.3 is 6.09 Å². The van der Waals surface area contributed by atoms with Gasteiger partial charge in [0.2, 0.25) is 10.0 Å². The Labute approximate surface area is 139 Å². The predicted molar refractivity (Wildman–Crippen MR) is 83.8 cm³/mol. The fraction of sp³-hybridized carbons (Fsp3) is 0.462. The average molecular weight is 367 g/mol. The van der Waals surface area contributed by atoms with Gasteiger partial charge in [0.15, 0.2) is 0 Å². The number of nitrogens with zero attached hydrogens (tertiary/aromatic N) is 2. The zero-order valence-electron chi connectivity index (χ0n) is 12.0. The summed E-state index contributed by atoms with van der Waals surface area (Å²) >= 11 is 11.9. The van der Waals surface area contributed by atoms with Gasteiger partial charge in [-0.3, -0.25) is 0 Å². The maximum absolute atomic E-state index is 12.6. The van der Waals surface area contributed by atoms with Gasteiger partial charge in [-0.15, -0.1) is 0 Å². The molecule has 0 aliphatic carbocycles. The molecule has 0 aromatic heterocycles. The van der Waals surface area contributed by atoms with Crippen LogP contribution >= 0.6 is 23.2 Å². The van der Waals surface area contributed by atoms with Gasteiger partial charge < -0.3 is 9.64 Å². The van der Waals surface area contributed by atoms with Crippen molar-refractivity contribution in [3.05, 3.63) is 28.2 Å². The van der Waals surface area contributed by atoms with Crippen LogP contribution in [0.5, 0.6) is 0 Å². The number of carbonyl (C=O) groups is 1. The molecule has 1 aromatic rings. The Balaban J connectivity index is 2.13. The van der Waals surface area contributed by atoms with E-state index in [9.17, 15) is 13.2 Å². The van der Waals surface area contributed by atoms with Crippen molar-refractivity contribution >= 4 is 39.3 Å². The summed E-state index contributed by atoms with van der Waals surface area (Å²) in [5, 5.41) is 0.199. The van der Waals surface area contributed by atoms with Crippen LogP contribution in [0.1, 0.15) is 6.92 Å². The second-order valence-corrected chi connectivity index (χ2v) is 7.33. The Bertz CT molecular complexity index is 658. The van der Waals surface area contributed by atoms with Gasteiger partial charge in [0, 0.05) is 26.2 Å². The summed E-state index contributed by atoms with van der Waals surface area (Å²) < 4.78 is 31.4. The van der Waals surface area contributed by atoms with Crippen molar-refractivity contribution in [3.63, 3.8) is 0 Å². The van der Waals surface area contributed by atoms with Crippen LogP contribution < -0.4 is 0 Å². The average Bonchev–Trinajstić information content (AvgIpc) is 2.50. The van der Waals surface area contributed by atoms with Crippen molar-refractivity contribution in [2.24, 2.45) is 0 Å². The molecule has 22 heavy (non-hydrogen) atoms. The summed E-state index contributed by atoms with van der Waals surface area (Å²) in [6.07, 6.45) is -0.430. The monoisotopic (exact) mass is 366 g/mol. The number of sulfonamides is 1. The molecule has 1 aromatic carbocycles. The molecule has 0 bridgehead atoms. The van der Waals surface area contributed by atoms with Gasteiger partial charge in [-0.25, -0.2) is 13.2 Å². The van der Waals surface area contributed by atoms with E-state index in [1.165, 1.54) is 27.4 Å². The van der Waals surface area contributed by atoms with Crippen molar-refractivity contribution in [2.45, 2.75) is 11.8 Å². The van der Waals surface area contributed by atoms with Gasteiger partial charge in [0.05, 0.1) is 16.7 Å². The summed E-state index contributed by atoms with van der Waals surface area (Å²) in [6.45, 7) is 2.93. The van der Waals surface area contributed by atoms with E-state index >= 15 is 0 Å². The van der Waals surface area contributed by atoms with Crippen molar-refractivity contribution in [2.75, 3.05) is 32.8 Å². The number of piperazine rings is 1. The second-order valence-electron chi connectivity index (χ2n) is 4.64. The summed E-state index contributed by atoms with van der Waals surface area (Å²) in [5.41, 5.74) is 0. The Morgan fingerprint density at radius 3 is 2.45 bits per heavy atom. The van der Waals surface area contributed by atoms with Gasteiger partial charge in [-0.1, -0.05) is 29.3 Å². The van der Waals surface area contributed by atoms with Crippen LogP contribution in [0.2, 0.25) is 10.0 Å². The molecule has 1 heterocycles. The van der Waals surface area contributed by atoms with Gasteiger partial charge in [0.1, 0.15) is 4.90 Å². The second kappa shape index (κ2) is 7.04. The fourth-order valence-electron chi connectivity index (χ4n) is 2.15. The summed E-state index contributed by atoms with van der Waals surface area (Å²) in [7, 11) is -3.74. The van der Waals surface area contributed by atoms with Gasteiger partial charge in [0.25, 0.3) is 0 Å². The van der Waals surface area contributed by atoms with Crippen molar-refractivity contribution in [3.8, 4) is 0 Å². The molecule has 0 spiro atoms. The lowest BCUT2D eigenvalue weighted by molar-refractivity contribution is 0.0934. The molecule has 122 valence electrons. The Hall–Kier alpha value is -1.02. The highest BCUT2D eigenvalue weighted by molar-refractivity contribution is 7.89. The van der Waals surface area contributed by atoms with E-state index in [4.69, 9.17) is 27.9 Å². The highest BCUT2D eigenvalue weighted by Crippen LogP contribution is 2.31. The molecule has 0 saturated carbocycles. The van der Waals surface area contributed by atoms with Crippen LogP contribution in [-0.2, 0) is 14.8 Å². The molecular formula is C13H16Cl2N2O4S. The number of rotatable bonds is 3. The number of amides is 1. The van der Waals surface area contributed by atoms with Crippen LogP contribution in [0, 0.1) is 0 Å². The molecule has 0 unspecified atom stereocenters. The highest BCUT2D eigenvalue weighted by atomic mass is 35.5. The first-order valence-electron chi connectivity index (χ1n) is 6.73. The Morgan fingerprint density at radius 1 is 1.23 bits per heavy atom. The molecule has 1 amide bonds. The smallest absolute Gasteiger partial charge is 0.409 e. The number of ether oxygens (including phenoxy) is 1. The van der Waals surface area contributed by atoms with E-state index in [2.05, 4.69) is 0 Å². The number of carbonyl (C=O) groups excluding carboxylic acids is 1. The normalized spacial score (nSPS) is 16.6. The number of halogens is 2.